The van der Waals surface area contributed by atoms with Crippen LogP contribution < -0.4 is 26.5 Å². The molecule has 8 N–H and O–H groups in total. The zero-order chi connectivity index (χ0) is 21.1. The van der Waals surface area contributed by atoms with E-state index in [1.54, 1.807) is 0 Å². The summed E-state index contributed by atoms with van der Waals surface area (Å²) in [6.07, 6.45) is -1.51. The highest BCUT2D eigenvalue weighted by molar-refractivity contribution is 6.11. The van der Waals surface area contributed by atoms with Crippen LogP contribution in [0.1, 0.15) is 11.7 Å². The third-order valence-corrected chi connectivity index (χ3v) is 4.18. The fourth-order valence-corrected chi connectivity index (χ4v) is 2.73. The third kappa shape index (κ3) is 4.20. The van der Waals surface area contributed by atoms with Crippen molar-refractivity contribution >= 4 is 28.7 Å². The predicted molar refractivity (Wildman–Crippen MR) is 97.6 cm³/mol. The second-order valence-electron chi connectivity index (χ2n) is 5.97. The van der Waals surface area contributed by atoms with Crippen molar-refractivity contribution in [2.45, 2.75) is 6.10 Å². The van der Waals surface area contributed by atoms with Crippen molar-refractivity contribution in [3.05, 3.63) is 74.7 Å². The largest absolute Gasteiger partial charge is 0.595 e. The number of hydrogen-bond acceptors (Lipinski definition) is 9. The van der Waals surface area contributed by atoms with E-state index >= 15 is 0 Å². The van der Waals surface area contributed by atoms with E-state index < -0.39 is 22.5 Å². The second-order valence-corrected chi connectivity index (χ2v) is 5.97. The van der Waals surface area contributed by atoms with E-state index in [1.807, 2.05) is 5.43 Å². The quantitative estimate of drug-likeness (QED) is 0.170. The fourth-order valence-electron chi connectivity index (χ4n) is 2.73. The van der Waals surface area contributed by atoms with Gasteiger partial charge in [0.1, 0.15) is 11.8 Å². The molecule has 0 aromatic heterocycles. The number of carbonyl (C=O) groups excluding carboxylic acids is 1. The number of fused-ring (bicyclic) bond motifs is 1. The average Bonchev–Trinajstić information content (AvgIpc) is 2.70. The Morgan fingerprint density at radius 2 is 1.62 bits per heavy atom. The van der Waals surface area contributed by atoms with Gasteiger partial charge in [-0.2, -0.15) is 10.5 Å². The minimum Gasteiger partial charge on any atom is -0.595 e. The standard InChI is InChI=1S/C16H16N6O7/c23-15(8-1-3-9(4-2-8)21(26)27)13(19-20-25)14-16(24)18-12-7-10(22(28)29)5-6-11(12)17-14/h1-7,15,17,21-23,26,28H,(H,18,24)(H,19,25)/b14-13+. The zero-order valence-corrected chi connectivity index (χ0v) is 14.5. The molecule has 2 aromatic rings. The molecule has 0 bridgehead atoms. The van der Waals surface area contributed by atoms with Gasteiger partial charge in [-0.3, -0.25) is 4.79 Å². The Hall–Kier alpha value is -3.43. The van der Waals surface area contributed by atoms with Crippen molar-refractivity contribution in [1.29, 1.82) is 0 Å². The highest BCUT2D eigenvalue weighted by Crippen LogP contribution is 2.32. The minimum absolute atomic E-state index is 0.00618. The van der Waals surface area contributed by atoms with E-state index in [-0.39, 0.29) is 34.0 Å². The number of aliphatic hydroxyl groups is 1. The van der Waals surface area contributed by atoms with Crippen LogP contribution in [0.15, 0.2) is 59.1 Å². The summed E-state index contributed by atoms with van der Waals surface area (Å²) >= 11 is 0. The first-order chi connectivity index (χ1) is 13.8. The van der Waals surface area contributed by atoms with Crippen LogP contribution in [0.2, 0.25) is 0 Å². The van der Waals surface area contributed by atoms with Crippen molar-refractivity contribution < 1.29 is 30.8 Å². The molecular weight excluding hydrogens is 388 g/mol. The van der Waals surface area contributed by atoms with Crippen molar-refractivity contribution in [2.75, 3.05) is 10.6 Å². The molecule has 1 aliphatic heterocycles. The number of amides is 1. The molecule has 0 radical (unpaired) electrons. The third-order valence-electron chi connectivity index (χ3n) is 4.18. The van der Waals surface area contributed by atoms with Gasteiger partial charge in [-0.25, -0.2) is 15.8 Å². The number of hydrogen-bond donors (Lipinski definition) is 8. The topological polar surface area (TPSA) is 198 Å². The number of carbonyl (C=O) groups is 1. The van der Waals surface area contributed by atoms with Crippen LogP contribution in [0.25, 0.3) is 0 Å². The van der Waals surface area contributed by atoms with Crippen molar-refractivity contribution in [1.82, 2.24) is 5.43 Å². The average molecular weight is 404 g/mol. The SMILES string of the molecule is O=NN/C(=C1/Nc2ccc([NH+]([O-])O)cc2NC1=O)C(O)c1ccc([NH+]([O-])O)cc1. The van der Waals surface area contributed by atoms with Crippen LogP contribution >= 0.6 is 0 Å². The maximum absolute atomic E-state index is 12.5. The lowest BCUT2D eigenvalue weighted by molar-refractivity contribution is -0.991. The number of benzene rings is 2. The molecular formula is C16H16N6O7. The van der Waals surface area contributed by atoms with E-state index in [4.69, 9.17) is 10.4 Å². The Morgan fingerprint density at radius 3 is 2.21 bits per heavy atom. The fraction of sp³-hybridized carbons (Fsp3) is 0.0625. The van der Waals surface area contributed by atoms with E-state index in [9.17, 15) is 25.2 Å². The molecule has 13 nitrogen and oxygen atoms in total. The van der Waals surface area contributed by atoms with Crippen LogP contribution in [0, 0.1) is 15.3 Å². The number of aliphatic hydroxyl groups excluding tert-OH is 1. The number of rotatable bonds is 6. The number of nitroso groups, excluding NO2 is 1. The van der Waals surface area contributed by atoms with Gasteiger partial charge in [-0.05, 0) is 23.8 Å². The maximum Gasteiger partial charge on any atom is 0.274 e. The highest BCUT2D eigenvalue weighted by atomic mass is 16.8. The Labute approximate surface area is 162 Å². The number of anilines is 2. The first-order valence-corrected chi connectivity index (χ1v) is 8.11. The van der Waals surface area contributed by atoms with Gasteiger partial charge in [0, 0.05) is 24.3 Å². The lowest BCUT2D eigenvalue weighted by Gasteiger charge is -2.25. The summed E-state index contributed by atoms with van der Waals surface area (Å²) in [6.45, 7) is 0. The first-order valence-electron chi connectivity index (χ1n) is 8.11. The van der Waals surface area contributed by atoms with Crippen molar-refractivity contribution in [2.24, 2.45) is 5.29 Å². The van der Waals surface area contributed by atoms with Crippen LogP contribution in [0.4, 0.5) is 22.7 Å². The summed E-state index contributed by atoms with van der Waals surface area (Å²) in [4.78, 5) is 23.3. The van der Waals surface area contributed by atoms with Gasteiger partial charge < -0.3 is 26.2 Å². The number of nitrogens with zero attached hydrogens (tertiary/aromatic N) is 1. The molecule has 0 saturated carbocycles. The predicted octanol–water partition coefficient (Wildman–Crippen LogP) is -0.926. The van der Waals surface area contributed by atoms with Gasteiger partial charge in [0.25, 0.3) is 5.91 Å². The smallest absolute Gasteiger partial charge is 0.274 e. The van der Waals surface area contributed by atoms with E-state index in [1.165, 1.54) is 42.5 Å². The summed E-state index contributed by atoms with van der Waals surface area (Å²) in [5, 5.41) is 56.0. The second kappa shape index (κ2) is 8.29. The van der Waals surface area contributed by atoms with E-state index in [2.05, 4.69) is 15.9 Å². The molecule has 0 aliphatic carbocycles. The van der Waals surface area contributed by atoms with Crippen LogP contribution in [0.5, 0.6) is 0 Å². The van der Waals surface area contributed by atoms with Gasteiger partial charge in [0.15, 0.2) is 11.4 Å². The van der Waals surface area contributed by atoms with Gasteiger partial charge in [0.05, 0.1) is 22.4 Å². The van der Waals surface area contributed by atoms with Crippen molar-refractivity contribution in [3.63, 3.8) is 0 Å². The van der Waals surface area contributed by atoms with Crippen LogP contribution in [-0.2, 0) is 4.79 Å². The van der Waals surface area contributed by atoms with Crippen LogP contribution in [-0.4, -0.2) is 21.4 Å². The Morgan fingerprint density at radius 1 is 1.00 bits per heavy atom. The normalized spacial score (nSPS) is 17.9. The van der Waals surface area contributed by atoms with E-state index in [0.29, 0.717) is 5.69 Å². The number of nitrogens with one attached hydrogen (secondary N) is 5. The maximum atomic E-state index is 12.5. The van der Waals surface area contributed by atoms with Gasteiger partial charge >= 0.3 is 0 Å². The molecule has 29 heavy (non-hydrogen) atoms. The lowest BCUT2D eigenvalue weighted by atomic mass is 10.0. The van der Waals surface area contributed by atoms with Crippen LogP contribution in [0.3, 0.4) is 0 Å². The summed E-state index contributed by atoms with van der Waals surface area (Å²) in [6, 6.07) is 9.16. The molecule has 3 unspecified atom stereocenters. The zero-order valence-electron chi connectivity index (χ0n) is 14.5. The molecule has 3 atom stereocenters. The molecule has 152 valence electrons. The molecule has 0 saturated heterocycles. The minimum atomic E-state index is -1.51. The number of quaternary nitrogens is 2. The van der Waals surface area contributed by atoms with E-state index in [0.717, 1.165) is 0 Å². The van der Waals surface area contributed by atoms with Gasteiger partial charge in [-0.1, -0.05) is 0 Å². The molecule has 1 heterocycles. The summed E-state index contributed by atoms with van der Waals surface area (Å²) < 4.78 is 0. The summed E-state index contributed by atoms with van der Waals surface area (Å²) in [5.74, 6) is -0.743. The Bertz CT molecular complexity index is 961. The molecule has 3 rings (SSSR count). The Kier molecular flexibility index (Phi) is 5.81. The monoisotopic (exact) mass is 404 g/mol. The van der Waals surface area contributed by atoms with Crippen molar-refractivity contribution in [3.8, 4) is 0 Å². The summed E-state index contributed by atoms with van der Waals surface area (Å²) in [7, 11) is 0. The molecule has 1 aliphatic rings. The molecule has 1 amide bonds. The summed E-state index contributed by atoms with van der Waals surface area (Å²) in [5.41, 5.74) is 2.26. The molecule has 0 fully saturated rings. The molecule has 2 aromatic carbocycles. The molecule has 0 spiro atoms. The van der Waals surface area contributed by atoms with Gasteiger partial charge in [-0.15, -0.1) is 4.91 Å². The Balaban J connectivity index is 1.98. The lowest BCUT2D eigenvalue weighted by Crippen LogP contribution is -2.99. The highest BCUT2D eigenvalue weighted by Gasteiger charge is 2.28. The first kappa shape index (κ1) is 20.3. The molecule has 13 heteroatoms. The van der Waals surface area contributed by atoms with Gasteiger partial charge in [0.2, 0.25) is 0 Å².